The van der Waals surface area contributed by atoms with E-state index in [1.165, 1.54) is 0 Å². The van der Waals surface area contributed by atoms with Crippen molar-refractivity contribution in [2.24, 2.45) is 18.0 Å². The van der Waals surface area contributed by atoms with Gasteiger partial charge in [-0.05, 0) is 26.0 Å². The standard InChI is InChI=1S/C20H21N3O3/c1-20(2)16(22-21)9-12-14(26-20)10-15(25-4)17-18(12)23(3)13-8-6-5-7-11(13)19(17)24/h5-8,10H,9,21H2,1-4H3/b22-16+. The van der Waals surface area contributed by atoms with E-state index >= 15 is 0 Å². The van der Waals surface area contributed by atoms with Gasteiger partial charge < -0.3 is 19.9 Å². The topological polar surface area (TPSA) is 78.8 Å². The molecule has 0 amide bonds. The number of rotatable bonds is 1. The molecule has 0 radical (unpaired) electrons. The molecule has 1 aromatic heterocycles. The highest BCUT2D eigenvalue weighted by molar-refractivity contribution is 6.04. The summed E-state index contributed by atoms with van der Waals surface area (Å²) in [5, 5.41) is 5.14. The first-order chi connectivity index (χ1) is 12.4. The Labute approximate surface area is 150 Å². The van der Waals surface area contributed by atoms with Gasteiger partial charge in [0.25, 0.3) is 0 Å². The zero-order valence-electron chi connectivity index (χ0n) is 15.3. The molecule has 2 heterocycles. The number of methoxy groups -OCH3 is 1. The molecule has 1 aliphatic heterocycles. The summed E-state index contributed by atoms with van der Waals surface area (Å²) < 4.78 is 13.7. The Bertz CT molecular complexity index is 1140. The van der Waals surface area contributed by atoms with Crippen molar-refractivity contribution < 1.29 is 9.47 Å². The maximum Gasteiger partial charge on any atom is 0.200 e. The molecule has 0 fully saturated rings. The van der Waals surface area contributed by atoms with E-state index in [4.69, 9.17) is 15.3 Å². The highest BCUT2D eigenvalue weighted by Gasteiger charge is 2.36. The van der Waals surface area contributed by atoms with Crippen molar-refractivity contribution in [3.05, 3.63) is 46.1 Å². The molecule has 0 atom stereocenters. The van der Waals surface area contributed by atoms with Crippen LogP contribution in [-0.2, 0) is 13.5 Å². The summed E-state index contributed by atoms with van der Waals surface area (Å²) in [6.45, 7) is 3.86. The van der Waals surface area contributed by atoms with Crippen molar-refractivity contribution in [1.29, 1.82) is 0 Å². The van der Waals surface area contributed by atoms with Gasteiger partial charge in [-0.15, -0.1) is 0 Å². The molecule has 1 aliphatic rings. The molecule has 134 valence electrons. The molecule has 6 heteroatoms. The molecule has 0 bridgehead atoms. The lowest BCUT2D eigenvalue weighted by Crippen LogP contribution is -2.43. The summed E-state index contributed by atoms with van der Waals surface area (Å²) in [6.07, 6.45) is 0.519. The van der Waals surface area contributed by atoms with Gasteiger partial charge in [0.1, 0.15) is 17.1 Å². The maximum atomic E-state index is 13.2. The van der Waals surface area contributed by atoms with Crippen molar-refractivity contribution in [1.82, 2.24) is 4.57 Å². The first kappa shape index (κ1) is 16.4. The summed E-state index contributed by atoms with van der Waals surface area (Å²) >= 11 is 0. The number of nitrogens with two attached hydrogens (primary N) is 1. The zero-order valence-corrected chi connectivity index (χ0v) is 15.3. The van der Waals surface area contributed by atoms with Crippen LogP contribution in [0.3, 0.4) is 0 Å². The van der Waals surface area contributed by atoms with Gasteiger partial charge in [0.05, 0.1) is 29.2 Å². The fourth-order valence-corrected chi connectivity index (χ4v) is 3.80. The average molecular weight is 351 g/mol. The van der Waals surface area contributed by atoms with Gasteiger partial charge in [-0.25, -0.2) is 0 Å². The largest absolute Gasteiger partial charge is 0.496 e. The summed E-state index contributed by atoms with van der Waals surface area (Å²) in [6, 6.07) is 9.36. The lowest BCUT2D eigenvalue weighted by atomic mass is 9.90. The minimum absolute atomic E-state index is 0.0515. The van der Waals surface area contributed by atoms with Crippen LogP contribution >= 0.6 is 0 Å². The van der Waals surface area contributed by atoms with Crippen LogP contribution < -0.4 is 20.7 Å². The van der Waals surface area contributed by atoms with Crippen LogP contribution in [0.5, 0.6) is 11.5 Å². The van der Waals surface area contributed by atoms with Gasteiger partial charge in [-0.3, -0.25) is 4.79 Å². The third kappa shape index (κ3) is 2.11. The van der Waals surface area contributed by atoms with Gasteiger partial charge >= 0.3 is 0 Å². The fourth-order valence-electron chi connectivity index (χ4n) is 3.80. The normalized spacial score (nSPS) is 17.3. The number of hydrazone groups is 1. The highest BCUT2D eigenvalue weighted by atomic mass is 16.5. The van der Waals surface area contributed by atoms with Crippen LogP contribution in [-0.4, -0.2) is 23.0 Å². The molecule has 0 spiro atoms. The lowest BCUT2D eigenvalue weighted by Gasteiger charge is -2.34. The predicted molar refractivity (Wildman–Crippen MR) is 103 cm³/mol. The van der Waals surface area contributed by atoms with E-state index in [9.17, 15) is 4.79 Å². The lowest BCUT2D eigenvalue weighted by molar-refractivity contribution is 0.170. The number of hydrogen-bond acceptors (Lipinski definition) is 5. The quantitative estimate of drug-likeness (QED) is 0.415. The fraction of sp³-hybridized carbons (Fsp3) is 0.300. The Kier molecular flexibility index (Phi) is 3.47. The van der Waals surface area contributed by atoms with Crippen LogP contribution in [0.15, 0.2) is 40.2 Å². The third-order valence-corrected chi connectivity index (χ3v) is 5.18. The number of aryl methyl sites for hydroxylation is 1. The first-order valence-corrected chi connectivity index (χ1v) is 8.46. The summed E-state index contributed by atoms with van der Waals surface area (Å²) in [7, 11) is 3.51. The monoisotopic (exact) mass is 351 g/mol. The van der Waals surface area contributed by atoms with Crippen molar-refractivity contribution in [3.63, 3.8) is 0 Å². The van der Waals surface area contributed by atoms with E-state index < -0.39 is 5.60 Å². The van der Waals surface area contributed by atoms with Crippen molar-refractivity contribution in [3.8, 4) is 11.5 Å². The van der Waals surface area contributed by atoms with Crippen LogP contribution in [0.2, 0.25) is 0 Å². The maximum absolute atomic E-state index is 13.2. The number of para-hydroxylation sites is 1. The molecule has 0 unspecified atom stereocenters. The van der Waals surface area contributed by atoms with Gasteiger partial charge in [0, 0.05) is 30.5 Å². The van der Waals surface area contributed by atoms with E-state index in [2.05, 4.69) is 5.10 Å². The number of pyridine rings is 1. The van der Waals surface area contributed by atoms with E-state index in [0.29, 0.717) is 28.7 Å². The molecular weight excluding hydrogens is 330 g/mol. The van der Waals surface area contributed by atoms with Gasteiger partial charge in [-0.1, -0.05) is 12.1 Å². The average Bonchev–Trinajstić information content (AvgIpc) is 2.63. The molecule has 0 saturated carbocycles. The summed E-state index contributed by atoms with van der Waals surface area (Å²) in [5.41, 5.74) is 2.61. The molecular formula is C20H21N3O3. The zero-order chi connectivity index (χ0) is 18.6. The van der Waals surface area contributed by atoms with Crippen LogP contribution in [0.4, 0.5) is 0 Å². The smallest absolute Gasteiger partial charge is 0.200 e. The molecule has 6 nitrogen and oxygen atoms in total. The molecule has 4 rings (SSSR count). The van der Waals surface area contributed by atoms with E-state index in [0.717, 1.165) is 22.3 Å². The second-order valence-corrected chi connectivity index (χ2v) is 7.05. The van der Waals surface area contributed by atoms with E-state index in [-0.39, 0.29) is 5.43 Å². The molecule has 26 heavy (non-hydrogen) atoms. The Hall–Kier alpha value is -3.02. The predicted octanol–water partition coefficient (Wildman–Crippen LogP) is 2.73. The minimum Gasteiger partial charge on any atom is -0.496 e. The molecule has 2 N–H and O–H groups in total. The summed E-state index contributed by atoms with van der Waals surface area (Å²) in [5.74, 6) is 6.81. The van der Waals surface area contributed by atoms with Crippen molar-refractivity contribution in [2.75, 3.05) is 7.11 Å². The van der Waals surface area contributed by atoms with Crippen LogP contribution in [0, 0.1) is 0 Å². The van der Waals surface area contributed by atoms with Gasteiger partial charge in [0.15, 0.2) is 0 Å². The van der Waals surface area contributed by atoms with E-state index in [1.807, 2.05) is 49.7 Å². The van der Waals surface area contributed by atoms with Crippen LogP contribution in [0.25, 0.3) is 21.8 Å². The molecule has 2 aromatic carbocycles. The van der Waals surface area contributed by atoms with Crippen molar-refractivity contribution >= 4 is 27.5 Å². The van der Waals surface area contributed by atoms with Gasteiger partial charge in [0.2, 0.25) is 5.43 Å². The Morgan fingerprint density at radius 1 is 1.31 bits per heavy atom. The Balaban J connectivity index is 2.22. The van der Waals surface area contributed by atoms with Crippen molar-refractivity contribution in [2.45, 2.75) is 25.9 Å². The Morgan fingerprint density at radius 2 is 2.04 bits per heavy atom. The number of hydrogen-bond donors (Lipinski definition) is 1. The third-order valence-electron chi connectivity index (χ3n) is 5.18. The molecule has 0 aliphatic carbocycles. The van der Waals surface area contributed by atoms with Gasteiger partial charge in [-0.2, -0.15) is 5.10 Å². The molecule has 3 aromatic rings. The highest BCUT2D eigenvalue weighted by Crippen LogP contribution is 2.40. The first-order valence-electron chi connectivity index (χ1n) is 8.46. The SMILES string of the molecule is COc1cc2c(c3c1c(=O)c1ccccc1n3C)C/C(=N\N)C(C)(C)O2. The second-order valence-electron chi connectivity index (χ2n) is 7.05. The van der Waals surface area contributed by atoms with E-state index in [1.54, 1.807) is 13.2 Å². The Morgan fingerprint density at radius 3 is 2.73 bits per heavy atom. The second kappa shape index (κ2) is 5.49. The summed E-state index contributed by atoms with van der Waals surface area (Å²) in [4.78, 5) is 13.2. The minimum atomic E-state index is -0.615. The number of ether oxygens (including phenoxy) is 2. The molecule has 0 saturated heterocycles. The van der Waals surface area contributed by atoms with Crippen LogP contribution in [0.1, 0.15) is 19.4 Å². The number of nitrogens with zero attached hydrogens (tertiary/aromatic N) is 2. The number of fused-ring (bicyclic) bond motifs is 4. The number of aromatic nitrogens is 1. The number of benzene rings is 2.